The van der Waals surface area contributed by atoms with Crippen LogP contribution >= 0.6 is 23.2 Å². The van der Waals surface area contributed by atoms with Gasteiger partial charge in [0.2, 0.25) is 5.88 Å². The third-order valence-electron chi connectivity index (χ3n) is 2.20. The molecule has 0 saturated carbocycles. The number of benzene rings is 1. The zero-order chi connectivity index (χ0) is 13.0. The van der Waals surface area contributed by atoms with Gasteiger partial charge in [-0.1, -0.05) is 29.3 Å². The van der Waals surface area contributed by atoms with Crippen molar-refractivity contribution in [2.45, 2.75) is 6.54 Å². The molecule has 1 aromatic heterocycles. The first-order valence-corrected chi connectivity index (χ1v) is 6.17. The van der Waals surface area contributed by atoms with Crippen molar-refractivity contribution in [1.29, 1.82) is 0 Å². The van der Waals surface area contributed by atoms with Crippen LogP contribution < -0.4 is 10.1 Å². The lowest BCUT2D eigenvalue weighted by Gasteiger charge is -2.07. The Morgan fingerprint density at radius 3 is 2.56 bits per heavy atom. The maximum absolute atomic E-state index is 5.90. The summed E-state index contributed by atoms with van der Waals surface area (Å²) >= 11 is 11.8. The van der Waals surface area contributed by atoms with Crippen LogP contribution in [-0.4, -0.2) is 12.0 Å². The van der Waals surface area contributed by atoms with Crippen molar-refractivity contribution in [1.82, 2.24) is 10.3 Å². The van der Waals surface area contributed by atoms with Gasteiger partial charge >= 0.3 is 0 Å². The first-order chi connectivity index (χ1) is 8.67. The van der Waals surface area contributed by atoms with Crippen molar-refractivity contribution in [2.24, 2.45) is 0 Å². The quantitative estimate of drug-likeness (QED) is 0.924. The second-order valence-corrected chi connectivity index (χ2v) is 4.58. The summed E-state index contributed by atoms with van der Waals surface area (Å²) in [5.41, 5.74) is 0.906. The third-order valence-corrected chi connectivity index (χ3v) is 2.63. The smallest absolute Gasteiger partial charge is 0.219 e. The van der Waals surface area contributed by atoms with Crippen molar-refractivity contribution in [2.75, 3.05) is 7.05 Å². The van der Waals surface area contributed by atoms with Crippen LogP contribution in [0, 0.1) is 0 Å². The molecule has 5 heteroatoms. The summed E-state index contributed by atoms with van der Waals surface area (Å²) in [7, 11) is 1.87. The van der Waals surface area contributed by atoms with E-state index in [1.165, 1.54) is 0 Å². The van der Waals surface area contributed by atoms with E-state index in [2.05, 4.69) is 10.3 Å². The van der Waals surface area contributed by atoms with Gasteiger partial charge in [0.15, 0.2) is 0 Å². The number of ether oxygens (including phenoxy) is 1. The number of hydrogen-bond acceptors (Lipinski definition) is 3. The fourth-order valence-corrected chi connectivity index (χ4v) is 2.01. The van der Waals surface area contributed by atoms with Crippen LogP contribution in [0.25, 0.3) is 0 Å². The summed E-state index contributed by atoms with van der Waals surface area (Å²) in [4.78, 5) is 4.35. The summed E-state index contributed by atoms with van der Waals surface area (Å²) in [6, 6.07) is 10.6. The van der Waals surface area contributed by atoms with Gasteiger partial charge in [-0.25, -0.2) is 4.98 Å². The lowest BCUT2D eigenvalue weighted by molar-refractivity contribution is 0.460. The molecule has 0 aliphatic rings. The highest BCUT2D eigenvalue weighted by Gasteiger charge is 2.03. The van der Waals surface area contributed by atoms with Crippen molar-refractivity contribution in [3.8, 4) is 11.6 Å². The number of pyridine rings is 1. The van der Waals surface area contributed by atoms with Crippen LogP contribution in [0.2, 0.25) is 10.0 Å². The average Bonchev–Trinajstić information content (AvgIpc) is 2.28. The Morgan fingerprint density at radius 2 is 1.89 bits per heavy atom. The van der Waals surface area contributed by atoms with Crippen molar-refractivity contribution >= 4 is 23.2 Å². The minimum atomic E-state index is 0.515. The largest absolute Gasteiger partial charge is 0.439 e. The molecule has 1 heterocycles. The van der Waals surface area contributed by atoms with E-state index in [4.69, 9.17) is 27.9 Å². The zero-order valence-electron chi connectivity index (χ0n) is 9.78. The molecule has 1 aromatic carbocycles. The number of hydrogen-bond donors (Lipinski definition) is 1. The molecule has 2 rings (SSSR count). The first-order valence-electron chi connectivity index (χ1n) is 5.42. The van der Waals surface area contributed by atoms with Gasteiger partial charge in [-0.3, -0.25) is 0 Å². The molecule has 0 atom stereocenters. The molecular weight excluding hydrogens is 271 g/mol. The monoisotopic (exact) mass is 282 g/mol. The van der Waals surface area contributed by atoms with Gasteiger partial charge in [0.1, 0.15) is 5.75 Å². The van der Waals surface area contributed by atoms with E-state index in [1.807, 2.05) is 19.2 Å². The van der Waals surface area contributed by atoms with Gasteiger partial charge < -0.3 is 10.1 Å². The molecule has 0 aliphatic heterocycles. The fourth-order valence-electron chi connectivity index (χ4n) is 1.50. The van der Waals surface area contributed by atoms with Gasteiger partial charge in [0.05, 0.1) is 5.69 Å². The van der Waals surface area contributed by atoms with Gasteiger partial charge in [-0.2, -0.15) is 0 Å². The van der Waals surface area contributed by atoms with E-state index in [-0.39, 0.29) is 0 Å². The molecule has 0 aliphatic carbocycles. The highest BCUT2D eigenvalue weighted by Crippen LogP contribution is 2.27. The minimum Gasteiger partial charge on any atom is -0.439 e. The van der Waals surface area contributed by atoms with Crippen LogP contribution in [-0.2, 0) is 6.54 Å². The summed E-state index contributed by atoms with van der Waals surface area (Å²) in [6.45, 7) is 0.688. The van der Waals surface area contributed by atoms with E-state index >= 15 is 0 Å². The molecule has 18 heavy (non-hydrogen) atoms. The van der Waals surface area contributed by atoms with Gasteiger partial charge in [0, 0.05) is 22.7 Å². The molecule has 0 radical (unpaired) electrons. The predicted molar refractivity (Wildman–Crippen MR) is 73.5 cm³/mol. The standard InChI is InChI=1S/C13H12Cl2N2O/c1-16-8-11-3-2-4-13(17-11)18-12-6-9(14)5-10(15)7-12/h2-7,16H,8H2,1H3. The fraction of sp³-hybridized carbons (Fsp3) is 0.154. The molecule has 0 fully saturated rings. The number of nitrogens with zero attached hydrogens (tertiary/aromatic N) is 1. The maximum Gasteiger partial charge on any atom is 0.219 e. The number of rotatable bonds is 4. The highest BCUT2D eigenvalue weighted by molar-refractivity contribution is 6.34. The number of halogens is 2. The Morgan fingerprint density at radius 1 is 1.17 bits per heavy atom. The molecule has 94 valence electrons. The predicted octanol–water partition coefficient (Wildman–Crippen LogP) is 3.90. The van der Waals surface area contributed by atoms with Gasteiger partial charge in [-0.15, -0.1) is 0 Å². The summed E-state index contributed by atoms with van der Waals surface area (Å²) in [6.07, 6.45) is 0. The summed E-state index contributed by atoms with van der Waals surface area (Å²) in [5, 5.41) is 4.10. The lowest BCUT2D eigenvalue weighted by Crippen LogP contribution is -2.06. The van der Waals surface area contributed by atoms with E-state index in [1.54, 1.807) is 24.3 Å². The van der Waals surface area contributed by atoms with Crippen LogP contribution in [0.1, 0.15) is 5.69 Å². The Kier molecular flexibility index (Phi) is 4.42. The molecular formula is C13H12Cl2N2O. The Bertz CT molecular complexity index is 526. The van der Waals surface area contributed by atoms with Crippen molar-refractivity contribution < 1.29 is 4.74 Å². The Balaban J connectivity index is 2.20. The molecule has 3 nitrogen and oxygen atoms in total. The molecule has 0 bridgehead atoms. The molecule has 0 amide bonds. The molecule has 0 unspecified atom stereocenters. The molecule has 2 aromatic rings. The SMILES string of the molecule is CNCc1cccc(Oc2cc(Cl)cc(Cl)c2)n1. The first kappa shape index (κ1) is 13.1. The average molecular weight is 283 g/mol. The topological polar surface area (TPSA) is 34.1 Å². The number of aromatic nitrogens is 1. The molecule has 0 saturated heterocycles. The summed E-state index contributed by atoms with van der Waals surface area (Å²) < 4.78 is 5.62. The molecule has 1 N–H and O–H groups in total. The lowest BCUT2D eigenvalue weighted by atomic mass is 10.3. The maximum atomic E-state index is 5.90. The van der Waals surface area contributed by atoms with Crippen LogP contribution in [0.15, 0.2) is 36.4 Å². The van der Waals surface area contributed by atoms with Gasteiger partial charge in [0.25, 0.3) is 0 Å². The minimum absolute atomic E-state index is 0.515. The highest BCUT2D eigenvalue weighted by atomic mass is 35.5. The Hall–Kier alpha value is -1.29. The van der Waals surface area contributed by atoms with Crippen molar-refractivity contribution in [3.05, 3.63) is 52.1 Å². The number of nitrogens with one attached hydrogen (secondary N) is 1. The zero-order valence-corrected chi connectivity index (χ0v) is 11.3. The van der Waals surface area contributed by atoms with Crippen LogP contribution in [0.5, 0.6) is 11.6 Å². The van der Waals surface area contributed by atoms with E-state index in [0.717, 1.165) is 5.69 Å². The normalized spacial score (nSPS) is 10.4. The van der Waals surface area contributed by atoms with E-state index < -0.39 is 0 Å². The third kappa shape index (κ3) is 3.60. The van der Waals surface area contributed by atoms with Crippen LogP contribution in [0.4, 0.5) is 0 Å². The van der Waals surface area contributed by atoms with E-state index in [0.29, 0.717) is 28.2 Å². The second-order valence-electron chi connectivity index (χ2n) is 3.70. The van der Waals surface area contributed by atoms with Gasteiger partial charge in [-0.05, 0) is 31.3 Å². The van der Waals surface area contributed by atoms with Crippen molar-refractivity contribution in [3.63, 3.8) is 0 Å². The molecule has 0 spiro atoms. The summed E-state index contributed by atoms with van der Waals surface area (Å²) in [5.74, 6) is 1.09. The second kappa shape index (κ2) is 6.05. The van der Waals surface area contributed by atoms with E-state index in [9.17, 15) is 0 Å². The van der Waals surface area contributed by atoms with Crippen LogP contribution in [0.3, 0.4) is 0 Å². The Labute approximate surface area is 116 Å².